The maximum Gasteiger partial charge on any atom is 0.251 e. The van der Waals surface area contributed by atoms with Crippen LogP contribution in [-0.2, 0) is 9.84 Å². The van der Waals surface area contributed by atoms with E-state index in [1.54, 1.807) is 24.3 Å². The Hall–Kier alpha value is -1.92. The molecule has 0 bridgehead atoms. The number of halogens is 1. The fraction of sp³-hybridized carbons (Fsp3) is 0.400. The van der Waals surface area contributed by atoms with Gasteiger partial charge in [-0.15, -0.1) is 0 Å². The highest BCUT2D eigenvalue weighted by Crippen LogP contribution is 2.28. The first kappa shape index (κ1) is 19.8. The SMILES string of the molecule is Cc1cccc(S(=O)(=O)C[C@H]2CC[C@H](NC(=O)c3ccnc(Cl)c3)CC2)c1. The molecule has 2 aromatic rings. The number of amides is 1. The molecule has 1 fully saturated rings. The van der Waals surface area contributed by atoms with Crippen LogP contribution in [0.5, 0.6) is 0 Å². The van der Waals surface area contributed by atoms with E-state index in [0.29, 0.717) is 10.5 Å². The molecule has 5 nitrogen and oxygen atoms in total. The molecule has 1 amide bonds. The summed E-state index contributed by atoms with van der Waals surface area (Å²) in [6, 6.07) is 10.3. The number of hydrogen-bond acceptors (Lipinski definition) is 4. The van der Waals surface area contributed by atoms with Crippen LogP contribution in [0.3, 0.4) is 0 Å². The minimum atomic E-state index is -3.28. The Balaban J connectivity index is 1.54. The molecule has 0 aliphatic heterocycles. The highest BCUT2D eigenvalue weighted by atomic mass is 35.5. The summed E-state index contributed by atoms with van der Waals surface area (Å²) in [5.41, 5.74) is 1.43. The number of nitrogens with zero attached hydrogens (tertiary/aromatic N) is 1. The number of hydrogen-bond donors (Lipinski definition) is 1. The molecule has 1 saturated carbocycles. The van der Waals surface area contributed by atoms with Crippen molar-refractivity contribution in [3.8, 4) is 0 Å². The fourth-order valence-electron chi connectivity index (χ4n) is 3.50. The van der Waals surface area contributed by atoms with Crippen molar-refractivity contribution in [3.63, 3.8) is 0 Å². The van der Waals surface area contributed by atoms with E-state index >= 15 is 0 Å². The fourth-order valence-corrected chi connectivity index (χ4v) is 5.47. The molecule has 1 heterocycles. The lowest BCUT2D eigenvalue weighted by molar-refractivity contribution is 0.0923. The molecule has 144 valence electrons. The van der Waals surface area contributed by atoms with E-state index in [4.69, 9.17) is 11.6 Å². The summed E-state index contributed by atoms with van der Waals surface area (Å²) >= 11 is 5.82. The van der Waals surface area contributed by atoms with Crippen LogP contribution in [0.15, 0.2) is 47.5 Å². The third-order valence-electron chi connectivity index (χ3n) is 4.97. The van der Waals surface area contributed by atoms with E-state index in [-0.39, 0.29) is 28.8 Å². The van der Waals surface area contributed by atoms with E-state index in [9.17, 15) is 13.2 Å². The van der Waals surface area contributed by atoms with E-state index < -0.39 is 9.84 Å². The van der Waals surface area contributed by atoms with Crippen LogP contribution in [0.25, 0.3) is 0 Å². The van der Waals surface area contributed by atoms with Gasteiger partial charge < -0.3 is 5.32 Å². The molecule has 0 unspecified atom stereocenters. The van der Waals surface area contributed by atoms with E-state index in [1.165, 1.54) is 12.3 Å². The Kier molecular flexibility index (Phi) is 6.17. The van der Waals surface area contributed by atoms with Crippen LogP contribution in [-0.4, -0.2) is 31.1 Å². The van der Waals surface area contributed by atoms with Crippen molar-refractivity contribution in [1.29, 1.82) is 0 Å². The Morgan fingerprint density at radius 3 is 2.59 bits per heavy atom. The van der Waals surface area contributed by atoms with Gasteiger partial charge in [-0.25, -0.2) is 13.4 Å². The molecule has 1 aromatic heterocycles. The number of aromatic nitrogens is 1. The van der Waals surface area contributed by atoms with E-state index in [1.807, 2.05) is 13.0 Å². The average molecular weight is 407 g/mol. The molecule has 27 heavy (non-hydrogen) atoms. The topological polar surface area (TPSA) is 76.1 Å². The van der Waals surface area contributed by atoms with Gasteiger partial charge in [0.2, 0.25) is 0 Å². The molecule has 1 aliphatic carbocycles. The molecule has 1 aliphatic rings. The molecule has 3 rings (SSSR count). The first-order chi connectivity index (χ1) is 12.8. The molecule has 0 saturated heterocycles. The van der Waals surface area contributed by atoms with Gasteiger partial charge in [0.05, 0.1) is 10.6 Å². The molecule has 0 radical (unpaired) electrons. The quantitative estimate of drug-likeness (QED) is 0.766. The minimum absolute atomic E-state index is 0.0577. The molecule has 1 aromatic carbocycles. The summed E-state index contributed by atoms with van der Waals surface area (Å²) < 4.78 is 25.3. The monoisotopic (exact) mass is 406 g/mol. The molecule has 1 N–H and O–H groups in total. The van der Waals surface area contributed by atoms with Crippen LogP contribution in [0.2, 0.25) is 5.15 Å². The average Bonchev–Trinajstić information content (AvgIpc) is 2.63. The first-order valence-electron chi connectivity index (χ1n) is 9.05. The van der Waals surface area contributed by atoms with Crippen molar-refractivity contribution < 1.29 is 13.2 Å². The van der Waals surface area contributed by atoms with Crippen LogP contribution in [0.4, 0.5) is 0 Å². The summed E-state index contributed by atoms with van der Waals surface area (Å²) in [4.78, 5) is 16.6. The van der Waals surface area contributed by atoms with E-state index in [2.05, 4.69) is 10.3 Å². The Bertz CT molecular complexity index is 922. The zero-order valence-electron chi connectivity index (χ0n) is 15.2. The number of carbonyl (C=O) groups excluding carboxylic acids is 1. The summed E-state index contributed by atoms with van der Waals surface area (Å²) in [6.07, 6.45) is 4.63. The Labute approximate surface area is 165 Å². The molecule has 0 spiro atoms. The number of benzene rings is 1. The second kappa shape index (κ2) is 8.40. The minimum Gasteiger partial charge on any atom is -0.349 e. The largest absolute Gasteiger partial charge is 0.349 e. The zero-order chi connectivity index (χ0) is 19.4. The van der Waals surface area contributed by atoms with Crippen molar-refractivity contribution in [1.82, 2.24) is 10.3 Å². The van der Waals surface area contributed by atoms with Crippen molar-refractivity contribution in [2.45, 2.75) is 43.5 Å². The zero-order valence-corrected chi connectivity index (χ0v) is 16.8. The number of aryl methyl sites for hydroxylation is 1. The van der Waals surface area contributed by atoms with Crippen LogP contribution in [0, 0.1) is 12.8 Å². The Morgan fingerprint density at radius 2 is 1.93 bits per heavy atom. The Morgan fingerprint density at radius 1 is 1.19 bits per heavy atom. The van der Waals surface area contributed by atoms with Gasteiger partial charge in [-0.05, 0) is 68.4 Å². The summed E-state index contributed by atoms with van der Waals surface area (Å²) in [5.74, 6) is 0.117. The third-order valence-corrected chi connectivity index (χ3v) is 7.06. The van der Waals surface area contributed by atoms with Crippen molar-refractivity contribution >= 4 is 27.3 Å². The predicted octanol–water partition coefficient (Wildman–Crippen LogP) is 3.81. The molecule has 0 atom stereocenters. The van der Waals surface area contributed by atoms with Crippen molar-refractivity contribution in [2.75, 3.05) is 5.75 Å². The summed E-state index contributed by atoms with van der Waals surface area (Å²) in [5, 5.41) is 3.30. The number of pyridine rings is 1. The number of nitrogens with one attached hydrogen (secondary N) is 1. The van der Waals surface area contributed by atoms with E-state index in [0.717, 1.165) is 31.2 Å². The second-order valence-corrected chi connectivity index (χ2v) is 9.58. The summed E-state index contributed by atoms with van der Waals surface area (Å²) in [7, 11) is -3.28. The highest BCUT2D eigenvalue weighted by Gasteiger charge is 2.27. The summed E-state index contributed by atoms with van der Waals surface area (Å²) in [6.45, 7) is 1.89. The van der Waals surface area contributed by atoms with Gasteiger partial charge in [0, 0.05) is 17.8 Å². The van der Waals surface area contributed by atoms with Crippen LogP contribution >= 0.6 is 11.6 Å². The maximum absolute atomic E-state index is 12.6. The lowest BCUT2D eigenvalue weighted by atomic mass is 9.87. The van der Waals surface area contributed by atoms with Gasteiger partial charge >= 0.3 is 0 Å². The standard InChI is InChI=1S/C20H23ClN2O3S/c1-14-3-2-4-18(11-14)27(25,26)13-15-5-7-17(8-6-15)23-20(24)16-9-10-22-19(21)12-16/h2-4,9-12,15,17H,5-8,13H2,1H3,(H,23,24)/t15-,17-. The second-order valence-electron chi connectivity index (χ2n) is 7.16. The molecular formula is C20H23ClN2O3S. The van der Waals surface area contributed by atoms with Gasteiger partial charge in [0.1, 0.15) is 5.15 Å². The predicted molar refractivity (Wildman–Crippen MR) is 106 cm³/mol. The normalized spacial score (nSPS) is 20.2. The van der Waals surface area contributed by atoms with Crippen LogP contribution in [0.1, 0.15) is 41.6 Å². The maximum atomic E-state index is 12.6. The van der Waals surface area contributed by atoms with Gasteiger partial charge in [-0.1, -0.05) is 23.7 Å². The first-order valence-corrected chi connectivity index (χ1v) is 11.1. The lowest BCUT2D eigenvalue weighted by Crippen LogP contribution is -2.38. The van der Waals surface area contributed by atoms with Gasteiger partial charge in [-0.2, -0.15) is 0 Å². The number of sulfone groups is 1. The number of rotatable bonds is 5. The third kappa shape index (κ3) is 5.30. The van der Waals surface area contributed by atoms with Gasteiger partial charge in [0.25, 0.3) is 5.91 Å². The lowest BCUT2D eigenvalue weighted by Gasteiger charge is -2.29. The smallest absolute Gasteiger partial charge is 0.251 e. The van der Waals surface area contributed by atoms with Gasteiger partial charge in [0.15, 0.2) is 9.84 Å². The molecule has 7 heteroatoms. The highest BCUT2D eigenvalue weighted by molar-refractivity contribution is 7.91. The van der Waals surface area contributed by atoms with Crippen molar-refractivity contribution in [3.05, 3.63) is 58.9 Å². The van der Waals surface area contributed by atoms with Crippen molar-refractivity contribution in [2.24, 2.45) is 5.92 Å². The number of carbonyl (C=O) groups is 1. The van der Waals surface area contributed by atoms with Gasteiger partial charge in [-0.3, -0.25) is 4.79 Å². The molecular weight excluding hydrogens is 384 g/mol. The van der Waals surface area contributed by atoms with Crippen LogP contribution < -0.4 is 5.32 Å².